The van der Waals surface area contributed by atoms with E-state index in [1.807, 2.05) is 44.2 Å². The molecule has 0 aromatic heterocycles. The molecule has 0 aliphatic rings. The Morgan fingerprint density at radius 2 is 1.95 bits per heavy atom. The van der Waals surface area contributed by atoms with Crippen molar-refractivity contribution in [3.63, 3.8) is 0 Å². The van der Waals surface area contributed by atoms with Crippen molar-refractivity contribution < 1.29 is 4.74 Å². The van der Waals surface area contributed by atoms with E-state index in [0.717, 1.165) is 22.6 Å². The van der Waals surface area contributed by atoms with E-state index in [1.54, 1.807) is 18.3 Å². The molecular formula is C17H16N2O. The Bertz CT molecular complexity index is 652. The largest absolute Gasteiger partial charge is 0.494 e. The van der Waals surface area contributed by atoms with Crippen molar-refractivity contribution in [3.05, 3.63) is 65.0 Å². The van der Waals surface area contributed by atoms with Crippen molar-refractivity contribution in [2.45, 2.75) is 13.8 Å². The van der Waals surface area contributed by atoms with E-state index in [2.05, 4.69) is 9.84 Å². The van der Waals surface area contributed by atoms with Gasteiger partial charge < -0.3 is 4.74 Å². The third-order valence-corrected chi connectivity index (χ3v) is 2.85. The van der Waals surface area contributed by atoms with Crippen molar-refractivity contribution in [1.82, 2.24) is 0 Å². The molecule has 0 fully saturated rings. The Balaban J connectivity index is 2.18. The molecule has 3 heteroatoms. The van der Waals surface area contributed by atoms with Crippen LogP contribution in [0.2, 0.25) is 0 Å². The minimum Gasteiger partial charge on any atom is -0.494 e. The van der Waals surface area contributed by atoms with Crippen LogP contribution in [0.5, 0.6) is 5.75 Å². The molecule has 0 radical (unpaired) electrons. The smallest absolute Gasteiger partial charge is 0.187 e. The van der Waals surface area contributed by atoms with E-state index in [9.17, 15) is 0 Å². The summed E-state index contributed by atoms with van der Waals surface area (Å²) in [4.78, 5) is 7.75. The van der Waals surface area contributed by atoms with Crippen LogP contribution in [0.1, 0.15) is 18.1 Å². The van der Waals surface area contributed by atoms with Gasteiger partial charge in [0, 0.05) is 6.21 Å². The maximum absolute atomic E-state index is 6.91. The van der Waals surface area contributed by atoms with Gasteiger partial charge in [0.1, 0.15) is 5.75 Å². The molecule has 0 unspecified atom stereocenters. The summed E-state index contributed by atoms with van der Waals surface area (Å²) in [6.45, 7) is 11.6. The number of hydrogen-bond acceptors (Lipinski definition) is 2. The summed E-state index contributed by atoms with van der Waals surface area (Å²) in [7, 11) is 0. The molecular weight excluding hydrogens is 248 g/mol. The highest BCUT2D eigenvalue weighted by Gasteiger charge is 1.99. The third-order valence-electron chi connectivity index (χ3n) is 2.85. The van der Waals surface area contributed by atoms with Crippen LogP contribution < -0.4 is 4.74 Å². The summed E-state index contributed by atoms with van der Waals surface area (Å²) < 4.78 is 5.56. The van der Waals surface area contributed by atoms with Crippen LogP contribution in [0.4, 0.5) is 11.4 Å². The molecule has 0 bridgehead atoms. The summed E-state index contributed by atoms with van der Waals surface area (Å²) in [6, 6.07) is 13.2. The van der Waals surface area contributed by atoms with Gasteiger partial charge in [-0.05, 0) is 43.2 Å². The number of rotatable bonds is 4. The van der Waals surface area contributed by atoms with Gasteiger partial charge in [-0.1, -0.05) is 24.3 Å². The van der Waals surface area contributed by atoms with Gasteiger partial charge in [-0.15, -0.1) is 0 Å². The number of ether oxygens (including phenoxy) is 1. The minimum absolute atomic E-state index is 0.623. The molecule has 0 atom stereocenters. The normalized spacial score (nSPS) is 10.4. The van der Waals surface area contributed by atoms with Crippen molar-refractivity contribution in [2.24, 2.45) is 4.99 Å². The maximum atomic E-state index is 6.91. The highest BCUT2D eigenvalue weighted by atomic mass is 16.5. The molecule has 0 aliphatic carbocycles. The molecule has 0 aliphatic heterocycles. The van der Waals surface area contributed by atoms with Crippen LogP contribution in [0, 0.1) is 13.5 Å². The molecule has 0 saturated carbocycles. The standard InChI is InChI=1S/C17H16N2O/c1-4-20-17-11-14(6-5-13(17)2)12-19-16-9-7-15(18-3)8-10-16/h5-12H,4H2,1-2H3. The molecule has 2 aromatic carbocycles. The highest BCUT2D eigenvalue weighted by Crippen LogP contribution is 2.21. The van der Waals surface area contributed by atoms with Crippen LogP contribution >= 0.6 is 0 Å². The Hall–Kier alpha value is -2.60. The molecule has 100 valence electrons. The second-order valence-electron chi connectivity index (χ2n) is 4.34. The molecule has 2 aromatic rings. The number of nitrogens with zero attached hydrogens (tertiary/aromatic N) is 2. The van der Waals surface area contributed by atoms with E-state index in [-0.39, 0.29) is 0 Å². The van der Waals surface area contributed by atoms with E-state index in [4.69, 9.17) is 11.3 Å². The number of aryl methyl sites for hydroxylation is 1. The van der Waals surface area contributed by atoms with Gasteiger partial charge >= 0.3 is 0 Å². The van der Waals surface area contributed by atoms with E-state index in [1.165, 1.54) is 0 Å². The van der Waals surface area contributed by atoms with E-state index >= 15 is 0 Å². The van der Waals surface area contributed by atoms with Crippen molar-refractivity contribution in [1.29, 1.82) is 0 Å². The lowest BCUT2D eigenvalue weighted by Crippen LogP contribution is -1.95. The first-order chi connectivity index (χ1) is 9.72. The molecule has 20 heavy (non-hydrogen) atoms. The zero-order valence-corrected chi connectivity index (χ0v) is 11.6. The lowest BCUT2D eigenvalue weighted by atomic mass is 10.1. The van der Waals surface area contributed by atoms with Crippen molar-refractivity contribution in [2.75, 3.05) is 6.61 Å². The molecule has 0 saturated heterocycles. The predicted molar refractivity (Wildman–Crippen MR) is 82.3 cm³/mol. The summed E-state index contributed by atoms with van der Waals surface area (Å²) in [5, 5.41) is 0. The third kappa shape index (κ3) is 3.46. The van der Waals surface area contributed by atoms with Gasteiger partial charge in [0.05, 0.1) is 18.9 Å². The quantitative estimate of drug-likeness (QED) is 0.581. The fourth-order valence-corrected chi connectivity index (χ4v) is 1.77. The minimum atomic E-state index is 0.623. The second kappa shape index (κ2) is 6.53. The topological polar surface area (TPSA) is 25.9 Å². The molecule has 3 nitrogen and oxygen atoms in total. The van der Waals surface area contributed by atoms with Gasteiger partial charge in [0.25, 0.3) is 0 Å². The molecule has 2 rings (SSSR count). The molecule has 0 spiro atoms. The van der Waals surface area contributed by atoms with Gasteiger partial charge in [-0.25, -0.2) is 4.85 Å². The van der Waals surface area contributed by atoms with Crippen molar-refractivity contribution in [3.8, 4) is 5.75 Å². The number of benzene rings is 2. The van der Waals surface area contributed by atoms with Crippen LogP contribution in [-0.4, -0.2) is 12.8 Å². The highest BCUT2D eigenvalue weighted by molar-refractivity contribution is 5.82. The zero-order valence-electron chi connectivity index (χ0n) is 11.6. The Morgan fingerprint density at radius 3 is 2.60 bits per heavy atom. The first-order valence-corrected chi connectivity index (χ1v) is 6.48. The number of aliphatic imine (C=N–C) groups is 1. The summed E-state index contributed by atoms with van der Waals surface area (Å²) >= 11 is 0. The summed E-state index contributed by atoms with van der Waals surface area (Å²) in [5.41, 5.74) is 3.56. The lowest BCUT2D eigenvalue weighted by molar-refractivity contribution is 0.338. The molecule has 0 N–H and O–H groups in total. The average molecular weight is 264 g/mol. The Kier molecular flexibility index (Phi) is 4.52. The Labute approximate surface area is 119 Å². The fraction of sp³-hybridized carbons (Fsp3) is 0.176. The first kappa shape index (κ1) is 13.8. The Morgan fingerprint density at radius 1 is 1.20 bits per heavy atom. The van der Waals surface area contributed by atoms with E-state index < -0.39 is 0 Å². The van der Waals surface area contributed by atoms with Gasteiger partial charge in [0.2, 0.25) is 0 Å². The first-order valence-electron chi connectivity index (χ1n) is 6.48. The number of hydrogen-bond donors (Lipinski definition) is 0. The predicted octanol–water partition coefficient (Wildman–Crippen LogP) is 4.70. The van der Waals surface area contributed by atoms with Crippen LogP contribution in [0.25, 0.3) is 4.85 Å². The molecule has 0 amide bonds. The zero-order chi connectivity index (χ0) is 14.4. The summed E-state index contributed by atoms with van der Waals surface area (Å²) in [6.07, 6.45) is 1.80. The SMILES string of the molecule is [C-]#[N+]c1ccc(N=Cc2ccc(C)c(OCC)c2)cc1. The monoisotopic (exact) mass is 264 g/mol. The van der Waals surface area contributed by atoms with Crippen LogP contribution in [0.15, 0.2) is 47.5 Å². The van der Waals surface area contributed by atoms with E-state index in [0.29, 0.717) is 12.3 Å². The van der Waals surface area contributed by atoms with Gasteiger partial charge in [-0.2, -0.15) is 0 Å². The fourth-order valence-electron chi connectivity index (χ4n) is 1.77. The second-order valence-corrected chi connectivity index (χ2v) is 4.34. The van der Waals surface area contributed by atoms with Crippen LogP contribution in [0.3, 0.4) is 0 Å². The summed E-state index contributed by atoms with van der Waals surface area (Å²) in [5.74, 6) is 0.889. The van der Waals surface area contributed by atoms with Gasteiger partial charge in [-0.3, -0.25) is 4.99 Å². The average Bonchev–Trinajstić information content (AvgIpc) is 2.49. The van der Waals surface area contributed by atoms with Gasteiger partial charge in [0.15, 0.2) is 5.69 Å². The van der Waals surface area contributed by atoms with Crippen molar-refractivity contribution >= 4 is 17.6 Å². The van der Waals surface area contributed by atoms with Crippen LogP contribution in [-0.2, 0) is 0 Å². The molecule has 0 heterocycles. The lowest BCUT2D eigenvalue weighted by Gasteiger charge is -2.07. The maximum Gasteiger partial charge on any atom is 0.187 e.